The van der Waals surface area contributed by atoms with E-state index in [0.29, 0.717) is 16.7 Å². The van der Waals surface area contributed by atoms with Gasteiger partial charge >= 0.3 is 6.18 Å². The Morgan fingerprint density at radius 2 is 2.00 bits per heavy atom. The molecule has 2 rings (SSSR count). The fourth-order valence-corrected chi connectivity index (χ4v) is 2.28. The van der Waals surface area contributed by atoms with Crippen molar-refractivity contribution in [2.24, 2.45) is 0 Å². The summed E-state index contributed by atoms with van der Waals surface area (Å²) in [6, 6.07) is 2.42. The maximum absolute atomic E-state index is 13.0. The van der Waals surface area contributed by atoms with Crippen molar-refractivity contribution < 1.29 is 22.3 Å². The lowest BCUT2D eigenvalue weighted by molar-refractivity contribution is -0.140. The molecule has 18 heavy (non-hydrogen) atoms. The number of rotatable bonds is 2. The number of nitrogens with zero attached hydrogens (tertiary/aromatic N) is 1. The molecule has 0 radical (unpaired) electrons. The molecule has 1 heterocycles. The second kappa shape index (κ2) is 4.85. The van der Waals surface area contributed by atoms with Crippen molar-refractivity contribution in [1.29, 1.82) is 0 Å². The van der Waals surface area contributed by atoms with Crippen LogP contribution in [0.3, 0.4) is 0 Å². The van der Waals surface area contributed by atoms with Gasteiger partial charge in [0.25, 0.3) is 5.19 Å². The van der Waals surface area contributed by atoms with E-state index in [9.17, 15) is 17.6 Å². The highest BCUT2D eigenvalue weighted by Gasteiger charge is 2.34. The van der Waals surface area contributed by atoms with Crippen LogP contribution in [0.25, 0.3) is 0 Å². The summed E-state index contributed by atoms with van der Waals surface area (Å²) < 4.78 is 56.0. The minimum absolute atomic E-state index is 0.120. The smallest absolute Gasteiger partial charge is 0.419 e. The molecule has 2 nitrogen and oxygen atoms in total. The molecule has 0 atom stereocenters. The fourth-order valence-electron chi connectivity index (χ4n) is 1.17. The number of benzene rings is 1. The Morgan fingerprint density at radius 3 is 2.56 bits per heavy atom. The third-order valence-corrected chi connectivity index (χ3v) is 3.33. The molecule has 0 aliphatic heterocycles. The summed E-state index contributed by atoms with van der Waals surface area (Å²) in [5.74, 6) is -1.46. The second-order valence-electron chi connectivity index (χ2n) is 3.18. The van der Waals surface area contributed by atoms with Crippen LogP contribution in [0.2, 0.25) is 0 Å². The summed E-state index contributed by atoms with van der Waals surface area (Å²) in [5, 5.41) is 1.78. The predicted octanol–water partition coefficient (Wildman–Crippen LogP) is 4.86. The molecule has 0 spiro atoms. The maximum atomic E-state index is 13.0. The molecule has 2 aromatic rings. The number of ether oxygens (including phenoxy) is 1. The van der Waals surface area contributed by atoms with Crippen molar-refractivity contribution in [3.63, 3.8) is 0 Å². The van der Waals surface area contributed by atoms with E-state index in [-0.39, 0.29) is 10.9 Å². The minimum atomic E-state index is -4.76. The summed E-state index contributed by atoms with van der Waals surface area (Å²) in [7, 11) is 0. The van der Waals surface area contributed by atoms with Crippen LogP contribution in [0.1, 0.15) is 5.56 Å². The molecule has 0 unspecified atom stereocenters. The van der Waals surface area contributed by atoms with Gasteiger partial charge in [0.05, 0.1) is 5.56 Å². The number of hydrogen-bond acceptors (Lipinski definition) is 3. The predicted molar refractivity (Wildman–Crippen MR) is 61.3 cm³/mol. The lowest BCUT2D eigenvalue weighted by Crippen LogP contribution is -2.08. The van der Waals surface area contributed by atoms with Gasteiger partial charge in [0.15, 0.2) is 0 Å². The summed E-state index contributed by atoms with van der Waals surface area (Å²) >= 11 is 4.19. The van der Waals surface area contributed by atoms with Crippen LogP contribution in [-0.4, -0.2) is 4.98 Å². The van der Waals surface area contributed by atoms with Crippen molar-refractivity contribution >= 4 is 27.3 Å². The molecule has 96 valence electrons. The van der Waals surface area contributed by atoms with Crippen LogP contribution in [-0.2, 0) is 6.18 Å². The van der Waals surface area contributed by atoms with Gasteiger partial charge in [0.1, 0.15) is 16.2 Å². The molecule has 0 N–H and O–H groups in total. The first kappa shape index (κ1) is 13.3. The van der Waals surface area contributed by atoms with E-state index in [1.165, 1.54) is 0 Å². The van der Waals surface area contributed by atoms with Gasteiger partial charge in [-0.25, -0.2) is 4.39 Å². The fraction of sp³-hybridized carbons (Fsp3) is 0.100. The highest BCUT2D eigenvalue weighted by Crippen LogP contribution is 2.35. The topological polar surface area (TPSA) is 22.1 Å². The van der Waals surface area contributed by atoms with Crippen LogP contribution in [0.5, 0.6) is 10.9 Å². The van der Waals surface area contributed by atoms with E-state index < -0.39 is 17.6 Å². The monoisotopic (exact) mass is 341 g/mol. The molecule has 0 bridgehead atoms. The first-order valence-corrected chi connectivity index (χ1v) is 6.19. The second-order valence-corrected chi connectivity index (χ2v) is 4.81. The molecule has 0 aliphatic carbocycles. The Kier molecular flexibility index (Phi) is 3.58. The number of alkyl halides is 3. The zero-order chi connectivity index (χ0) is 13.3. The van der Waals surface area contributed by atoms with Crippen molar-refractivity contribution in [3.05, 3.63) is 39.6 Å². The Bertz CT molecular complexity index is 569. The number of hydrogen-bond donors (Lipinski definition) is 0. The summed E-state index contributed by atoms with van der Waals surface area (Å²) in [6.45, 7) is 0. The molecule has 0 fully saturated rings. The highest BCUT2D eigenvalue weighted by atomic mass is 79.9. The van der Waals surface area contributed by atoms with E-state index in [1.807, 2.05) is 0 Å². The molecule has 0 saturated carbocycles. The van der Waals surface area contributed by atoms with Gasteiger partial charge in [-0.3, -0.25) is 0 Å². The molecule has 1 aromatic heterocycles. The van der Waals surface area contributed by atoms with Gasteiger partial charge in [-0.05, 0) is 34.1 Å². The normalized spacial score (nSPS) is 11.6. The van der Waals surface area contributed by atoms with Crippen molar-refractivity contribution in [1.82, 2.24) is 4.98 Å². The zero-order valence-electron chi connectivity index (χ0n) is 8.46. The quantitative estimate of drug-likeness (QED) is 0.728. The largest absolute Gasteiger partial charge is 0.431 e. The molecule has 8 heteroatoms. The van der Waals surface area contributed by atoms with Gasteiger partial charge in [-0.15, -0.1) is 0 Å². The Balaban J connectivity index is 2.30. The molecule has 0 aliphatic rings. The van der Waals surface area contributed by atoms with Gasteiger partial charge in [-0.1, -0.05) is 11.3 Å². The van der Waals surface area contributed by atoms with Crippen molar-refractivity contribution in [2.45, 2.75) is 6.18 Å². The van der Waals surface area contributed by atoms with Crippen LogP contribution in [0.4, 0.5) is 17.6 Å². The zero-order valence-corrected chi connectivity index (χ0v) is 10.9. The SMILES string of the molecule is Fc1ccc(Oc2nc(Br)cs2)cc1C(F)(F)F. The van der Waals surface area contributed by atoms with E-state index in [0.717, 1.165) is 17.4 Å². The van der Waals surface area contributed by atoms with Crippen LogP contribution in [0, 0.1) is 5.82 Å². The Labute approximate surface area is 111 Å². The summed E-state index contributed by atoms with van der Waals surface area (Å²) in [4.78, 5) is 3.86. The third kappa shape index (κ3) is 2.99. The van der Waals surface area contributed by atoms with Crippen LogP contribution >= 0.6 is 27.3 Å². The van der Waals surface area contributed by atoms with Gasteiger partial charge in [0, 0.05) is 5.38 Å². The molecule has 0 saturated heterocycles. The number of aromatic nitrogens is 1. The van der Waals surface area contributed by atoms with Crippen molar-refractivity contribution in [2.75, 3.05) is 0 Å². The molecular weight excluding hydrogens is 338 g/mol. The first-order chi connectivity index (χ1) is 8.36. The maximum Gasteiger partial charge on any atom is 0.419 e. The van der Waals surface area contributed by atoms with E-state index in [2.05, 4.69) is 20.9 Å². The average molecular weight is 342 g/mol. The lowest BCUT2D eigenvalue weighted by atomic mass is 10.2. The van der Waals surface area contributed by atoms with E-state index in [4.69, 9.17) is 4.74 Å². The van der Waals surface area contributed by atoms with Gasteiger partial charge in [0.2, 0.25) is 0 Å². The van der Waals surface area contributed by atoms with Crippen molar-refractivity contribution in [3.8, 4) is 10.9 Å². The molecular formula is C10H4BrF4NOS. The number of halogens is 5. The highest BCUT2D eigenvalue weighted by molar-refractivity contribution is 9.10. The third-order valence-electron chi connectivity index (χ3n) is 1.90. The Hall–Kier alpha value is -1.15. The van der Waals surface area contributed by atoms with E-state index >= 15 is 0 Å². The van der Waals surface area contributed by atoms with Gasteiger partial charge in [-0.2, -0.15) is 18.2 Å². The van der Waals surface area contributed by atoms with Crippen LogP contribution < -0.4 is 4.74 Å². The van der Waals surface area contributed by atoms with E-state index in [1.54, 1.807) is 5.38 Å². The molecule has 1 aromatic carbocycles. The Morgan fingerprint density at radius 1 is 1.28 bits per heavy atom. The van der Waals surface area contributed by atoms with Crippen LogP contribution in [0.15, 0.2) is 28.2 Å². The number of thiazole rings is 1. The summed E-state index contributed by atoms with van der Waals surface area (Å²) in [6.07, 6.45) is -4.76. The van der Waals surface area contributed by atoms with Gasteiger partial charge < -0.3 is 4.74 Å². The minimum Gasteiger partial charge on any atom is -0.431 e. The standard InChI is InChI=1S/C10H4BrF4NOS/c11-8-4-18-9(16-8)17-5-1-2-7(12)6(3-5)10(13,14)15/h1-4H. The lowest BCUT2D eigenvalue weighted by Gasteiger charge is -2.09. The summed E-state index contributed by atoms with van der Waals surface area (Å²) in [5.41, 5.74) is -1.37. The average Bonchev–Trinajstić information content (AvgIpc) is 2.65. The molecule has 0 amide bonds. The first-order valence-electron chi connectivity index (χ1n) is 4.52.